The molecule has 0 aromatic heterocycles. The molecule has 1 aliphatic heterocycles. The zero-order valence-corrected chi connectivity index (χ0v) is 13.5. The predicted octanol–water partition coefficient (Wildman–Crippen LogP) is 3.92. The first-order valence-corrected chi connectivity index (χ1v) is 8.90. The monoisotopic (exact) mass is 286 g/mol. The Balaban J connectivity index is 1.64. The summed E-state index contributed by atoms with van der Waals surface area (Å²) < 4.78 is 0. The molecule has 0 amide bonds. The van der Waals surface area contributed by atoms with Crippen molar-refractivity contribution in [3.8, 4) is 0 Å². The summed E-state index contributed by atoms with van der Waals surface area (Å²) >= 11 is 0. The van der Waals surface area contributed by atoms with Crippen LogP contribution in [0.2, 0.25) is 0 Å². The Morgan fingerprint density at radius 1 is 1.19 bits per heavy atom. The lowest BCUT2D eigenvalue weighted by Crippen LogP contribution is -2.37. The van der Waals surface area contributed by atoms with Crippen molar-refractivity contribution in [1.82, 2.24) is 10.2 Å². The molecule has 1 atom stereocenters. The molecule has 0 spiro atoms. The Hall–Kier alpha value is -0.860. The molecule has 2 nitrogen and oxygen atoms in total. The number of hydrogen-bond donors (Lipinski definition) is 1. The van der Waals surface area contributed by atoms with Crippen molar-refractivity contribution >= 4 is 0 Å². The minimum Gasteiger partial charge on any atom is -0.313 e. The lowest BCUT2D eigenvalue weighted by molar-refractivity contribution is 0.237. The van der Waals surface area contributed by atoms with Crippen LogP contribution in [0.25, 0.3) is 0 Å². The number of nitrogens with one attached hydrogen (secondary N) is 1. The van der Waals surface area contributed by atoms with Crippen molar-refractivity contribution in [2.45, 2.75) is 64.0 Å². The highest BCUT2D eigenvalue weighted by Gasteiger charge is 2.26. The number of hydrogen-bond acceptors (Lipinski definition) is 2. The first-order valence-electron chi connectivity index (χ1n) is 8.90. The van der Waals surface area contributed by atoms with Crippen molar-refractivity contribution in [2.24, 2.45) is 0 Å². The molecular weight excluding hydrogens is 256 g/mol. The molecule has 1 unspecified atom stereocenters. The van der Waals surface area contributed by atoms with Gasteiger partial charge in [0.05, 0.1) is 0 Å². The van der Waals surface area contributed by atoms with Gasteiger partial charge in [-0.3, -0.25) is 4.90 Å². The van der Waals surface area contributed by atoms with E-state index in [2.05, 4.69) is 41.4 Å². The first kappa shape index (κ1) is 15.1. The third kappa shape index (κ3) is 4.31. The van der Waals surface area contributed by atoms with Gasteiger partial charge in [0.25, 0.3) is 0 Å². The lowest BCUT2D eigenvalue weighted by Gasteiger charge is -2.26. The van der Waals surface area contributed by atoms with Crippen LogP contribution in [0.15, 0.2) is 24.3 Å². The quantitative estimate of drug-likeness (QED) is 0.779. The van der Waals surface area contributed by atoms with E-state index in [0.717, 1.165) is 18.5 Å². The summed E-state index contributed by atoms with van der Waals surface area (Å²) in [4.78, 5) is 2.69. The van der Waals surface area contributed by atoms with Gasteiger partial charge in [-0.15, -0.1) is 0 Å². The van der Waals surface area contributed by atoms with Gasteiger partial charge in [0.2, 0.25) is 0 Å². The van der Waals surface area contributed by atoms with Crippen molar-refractivity contribution in [2.75, 3.05) is 19.6 Å². The molecule has 0 radical (unpaired) electrons. The smallest absolute Gasteiger partial charge is 0.0237 e. The van der Waals surface area contributed by atoms with Crippen molar-refractivity contribution in [3.05, 3.63) is 35.4 Å². The standard InChI is InChI=1S/C19H30N2/c1-2-3-13-21(15-18-8-6-12-20-18)14-17-7-4-5-9-19(17)16-10-11-16/h4-5,7,9,16,18,20H,2-3,6,8,10-15H2,1H3. The molecule has 2 heteroatoms. The van der Waals surface area contributed by atoms with E-state index >= 15 is 0 Å². The third-order valence-corrected chi connectivity index (χ3v) is 4.94. The van der Waals surface area contributed by atoms with Gasteiger partial charge in [-0.05, 0) is 62.2 Å². The molecule has 0 bridgehead atoms. The van der Waals surface area contributed by atoms with E-state index < -0.39 is 0 Å². The Kier molecular flexibility index (Phi) is 5.32. The number of nitrogens with zero attached hydrogens (tertiary/aromatic N) is 1. The third-order valence-electron chi connectivity index (χ3n) is 4.94. The normalized spacial score (nSPS) is 22.1. The molecule has 2 aliphatic rings. The summed E-state index contributed by atoms with van der Waals surface area (Å²) in [6.07, 6.45) is 8.11. The SMILES string of the molecule is CCCCN(Cc1ccccc1C1CC1)CC1CCCN1. The molecule has 1 saturated carbocycles. The maximum absolute atomic E-state index is 3.66. The molecular formula is C19H30N2. The van der Waals surface area contributed by atoms with Gasteiger partial charge in [-0.25, -0.2) is 0 Å². The fourth-order valence-electron chi connectivity index (χ4n) is 3.55. The van der Waals surface area contributed by atoms with Crippen LogP contribution >= 0.6 is 0 Å². The van der Waals surface area contributed by atoms with E-state index in [1.54, 1.807) is 11.1 Å². The van der Waals surface area contributed by atoms with E-state index in [9.17, 15) is 0 Å². The van der Waals surface area contributed by atoms with Gasteiger partial charge in [-0.2, -0.15) is 0 Å². The van der Waals surface area contributed by atoms with Crippen molar-refractivity contribution in [3.63, 3.8) is 0 Å². The Labute approximate surface area is 129 Å². The Bertz CT molecular complexity index is 433. The minimum absolute atomic E-state index is 0.718. The van der Waals surface area contributed by atoms with E-state index in [0.29, 0.717) is 0 Å². The highest BCUT2D eigenvalue weighted by molar-refractivity contribution is 5.33. The fourth-order valence-corrected chi connectivity index (χ4v) is 3.55. The zero-order chi connectivity index (χ0) is 14.5. The highest BCUT2D eigenvalue weighted by atomic mass is 15.2. The van der Waals surface area contributed by atoms with Crippen molar-refractivity contribution < 1.29 is 0 Å². The first-order chi connectivity index (χ1) is 10.4. The van der Waals surface area contributed by atoms with Gasteiger partial charge in [0.1, 0.15) is 0 Å². The molecule has 1 aromatic rings. The predicted molar refractivity (Wildman–Crippen MR) is 89.6 cm³/mol. The number of benzene rings is 1. The van der Waals surface area contributed by atoms with Gasteiger partial charge in [0, 0.05) is 19.1 Å². The molecule has 1 saturated heterocycles. The highest BCUT2D eigenvalue weighted by Crippen LogP contribution is 2.41. The Morgan fingerprint density at radius 3 is 2.76 bits per heavy atom. The molecule has 1 heterocycles. The second kappa shape index (κ2) is 7.42. The molecule has 116 valence electrons. The van der Waals surface area contributed by atoms with Crippen LogP contribution in [0.3, 0.4) is 0 Å². The van der Waals surface area contributed by atoms with E-state index in [1.165, 1.54) is 58.2 Å². The van der Waals surface area contributed by atoms with Gasteiger partial charge < -0.3 is 5.32 Å². The second-order valence-corrected chi connectivity index (χ2v) is 6.86. The van der Waals surface area contributed by atoms with Crippen LogP contribution in [0.4, 0.5) is 0 Å². The van der Waals surface area contributed by atoms with E-state index in [1.807, 2.05) is 0 Å². The summed E-state index contributed by atoms with van der Waals surface area (Å²) in [6.45, 7) is 7.12. The maximum Gasteiger partial charge on any atom is 0.0237 e. The lowest BCUT2D eigenvalue weighted by atomic mass is 10.0. The second-order valence-electron chi connectivity index (χ2n) is 6.86. The average Bonchev–Trinajstić information content (AvgIpc) is 3.23. The summed E-state index contributed by atoms with van der Waals surface area (Å²) in [5.41, 5.74) is 3.20. The van der Waals surface area contributed by atoms with Crippen LogP contribution in [-0.2, 0) is 6.54 Å². The molecule has 2 fully saturated rings. The molecule has 1 aromatic carbocycles. The van der Waals surface area contributed by atoms with Crippen LogP contribution < -0.4 is 5.32 Å². The summed E-state index contributed by atoms with van der Waals surface area (Å²) in [5.74, 6) is 0.860. The molecule has 1 aliphatic carbocycles. The fraction of sp³-hybridized carbons (Fsp3) is 0.684. The summed E-state index contributed by atoms with van der Waals surface area (Å²) in [7, 11) is 0. The largest absolute Gasteiger partial charge is 0.313 e. The maximum atomic E-state index is 3.66. The average molecular weight is 286 g/mol. The van der Waals surface area contributed by atoms with Crippen LogP contribution in [-0.4, -0.2) is 30.6 Å². The summed E-state index contributed by atoms with van der Waals surface area (Å²) in [5, 5.41) is 3.66. The molecule has 1 N–H and O–H groups in total. The zero-order valence-electron chi connectivity index (χ0n) is 13.5. The van der Waals surface area contributed by atoms with Crippen LogP contribution in [0.5, 0.6) is 0 Å². The van der Waals surface area contributed by atoms with Gasteiger partial charge in [0.15, 0.2) is 0 Å². The number of rotatable bonds is 8. The van der Waals surface area contributed by atoms with E-state index in [4.69, 9.17) is 0 Å². The topological polar surface area (TPSA) is 15.3 Å². The van der Waals surface area contributed by atoms with Gasteiger partial charge >= 0.3 is 0 Å². The van der Waals surface area contributed by atoms with Crippen molar-refractivity contribution in [1.29, 1.82) is 0 Å². The minimum atomic E-state index is 0.718. The number of unbranched alkanes of at least 4 members (excludes halogenated alkanes) is 1. The molecule has 21 heavy (non-hydrogen) atoms. The Morgan fingerprint density at radius 2 is 2.05 bits per heavy atom. The van der Waals surface area contributed by atoms with Gasteiger partial charge in [-0.1, -0.05) is 37.6 Å². The van der Waals surface area contributed by atoms with Crippen LogP contribution in [0, 0.1) is 0 Å². The molecule has 3 rings (SSSR count). The van der Waals surface area contributed by atoms with Crippen LogP contribution in [0.1, 0.15) is 62.5 Å². The summed E-state index contributed by atoms with van der Waals surface area (Å²) in [6, 6.07) is 9.86. The van der Waals surface area contributed by atoms with E-state index in [-0.39, 0.29) is 0 Å².